The summed E-state index contributed by atoms with van der Waals surface area (Å²) in [5, 5.41) is 2.64. The van der Waals surface area contributed by atoms with Crippen LogP contribution >= 0.6 is 15.9 Å². The second-order valence-electron chi connectivity index (χ2n) is 5.71. The van der Waals surface area contributed by atoms with Gasteiger partial charge in [0.2, 0.25) is 5.91 Å². The highest BCUT2D eigenvalue weighted by atomic mass is 79.9. The Hall–Kier alpha value is -2.35. The third-order valence-corrected chi connectivity index (χ3v) is 4.15. The number of benzene rings is 2. The fourth-order valence-electron chi connectivity index (χ4n) is 2.37. The van der Waals surface area contributed by atoms with Crippen LogP contribution in [0.15, 0.2) is 46.9 Å². The van der Waals surface area contributed by atoms with Crippen molar-refractivity contribution < 1.29 is 22.8 Å². The largest absolute Gasteiger partial charge is 0.417 e. The molecule has 0 heterocycles. The molecule has 2 amide bonds. The van der Waals surface area contributed by atoms with Crippen molar-refractivity contribution in [1.29, 1.82) is 0 Å². The highest BCUT2D eigenvalue weighted by Crippen LogP contribution is 2.32. The number of halogens is 4. The lowest BCUT2D eigenvalue weighted by molar-refractivity contribution is -0.138. The summed E-state index contributed by atoms with van der Waals surface area (Å²) in [5.41, 5.74) is -0.144. The number of alkyl halides is 3. The van der Waals surface area contributed by atoms with Gasteiger partial charge in [-0.1, -0.05) is 28.1 Å². The van der Waals surface area contributed by atoms with Crippen LogP contribution in [0.2, 0.25) is 0 Å². The number of nitrogens with zero attached hydrogens (tertiary/aromatic N) is 1. The molecule has 0 aliphatic rings. The predicted octanol–water partition coefficient (Wildman–Crippen LogP) is 4.49. The van der Waals surface area contributed by atoms with E-state index in [1.54, 1.807) is 19.1 Å². The van der Waals surface area contributed by atoms with E-state index in [0.717, 1.165) is 27.1 Å². The van der Waals surface area contributed by atoms with Crippen LogP contribution in [-0.4, -0.2) is 30.3 Å². The predicted molar refractivity (Wildman–Crippen MR) is 95.9 cm³/mol. The molecular weight excluding hydrogens is 413 g/mol. The molecule has 2 aromatic carbocycles. The monoisotopic (exact) mass is 428 g/mol. The molecule has 2 rings (SSSR count). The Labute approximate surface area is 157 Å². The van der Waals surface area contributed by atoms with Gasteiger partial charge < -0.3 is 10.2 Å². The molecule has 0 radical (unpaired) electrons. The summed E-state index contributed by atoms with van der Waals surface area (Å²) in [6.45, 7) is 1.43. The summed E-state index contributed by atoms with van der Waals surface area (Å²) >= 11 is 3.31. The number of amides is 2. The lowest BCUT2D eigenvalue weighted by atomic mass is 10.1. The quantitative estimate of drug-likeness (QED) is 0.779. The maximum Gasteiger partial charge on any atom is 0.417 e. The van der Waals surface area contributed by atoms with Crippen molar-refractivity contribution in [3.63, 3.8) is 0 Å². The van der Waals surface area contributed by atoms with Crippen LogP contribution in [0.3, 0.4) is 0 Å². The number of aryl methyl sites for hydroxylation is 1. The number of nitrogens with one attached hydrogen (secondary N) is 1. The first-order valence-corrected chi connectivity index (χ1v) is 8.36. The summed E-state index contributed by atoms with van der Waals surface area (Å²) in [7, 11) is 1.28. The van der Waals surface area contributed by atoms with Crippen LogP contribution in [-0.2, 0) is 11.0 Å². The lowest BCUT2D eigenvalue weighted by Gasteiger charge is -2.20. The normalized spacial score (nSPS) is 11.2. The molecule has 0 aromatic heterocycles. The van der Waals surface area contributed by atoms with E-state index in [9.17, 15) is 22.8 Å². The molecule has 0 unspecified atom stereocenters. The van der Waals surface area contributed by atoms with E-state index < -0.39 is 29.1 Å². The Kier molecular flexibility index (Phi) is 6.07. The van der Waals surface area contributed by atoms with Gasteiger partial charge >= 0.3 is 6.18 Å². The Morgan fingerprint density at radius 2 is 1.81 bits per heavy atom. The van der Waals surface area contributed by atoms with Gasteiger partial charge in [-0.2, -0.15) is 13.2 Å². The van der Waals surface area contributed by atoms with Crippen molar-refractivity contribution in [3.8, 4) is 0 Å². The van der Waals surface area contributed by atoms with Gasteiger partial charge in [-0.05, 0) is 42.8 Å². The van der Waals surface area contributed by atoms with Gasteiger partial charge in [0, 0.05) is 17.2 Å². The first-order chi connectivity index (χ1) is 12.1. The molecule has 26 heavy (non-hydrogen) atoms. The summed E-state index contributed by atoms with van der Waals surface area (Å²) in [4.78, 5) is 25.4. The second kappa shape index (κ2) is 7.90. The van der Waals surface area contributed by atoms with Gasteiger partial charge in [0.1, 0.15) is 0 Å². The molecular formula is C18H16BrF3N2O2. The Balaban J connectivity index is 2.11. The van der Waals surface area contributed by atoms with E-state index in [1.165, 1.54) is 19.2 Å². The van der Waals surface area contributed by atoms with Gasteiger partial charge in [0.15, 0.2) is 0 Å². The fraction of sp³-hybridized carbons (Fsp3) is 0.222. The number of carbonyl (C=O) groups excluding carboxylic acids is 2. The van der Waals surface area contributed by atoms with Gasteiger partial charge in [0.25, 0.3) is 5.91 Å². The van der Waals surface area contributed by atoms with Crippen LogP contribution in [0.5, 0.6) is 0 Å². The molecule has 138 valence electrons. The fourth-order valence-corrected chi connectivity index (χ4v) is 2.84. The van der Waals surface area contributed by atoms with Crippen molar-refractivity contribution in [2.45, 2.75) is 13.1 Å². The molecule has 0 saturated heterocycles. The van der Waals surface area contributed by atoms with E-state index in [1.807, 2.05) is 6.07 Å². The number of anilines is 1. The minimum absolute atomic E-state index is 0.374. The molecule has 4 nitrogen and oxygen atoms in total. The molecule has 0 bridgehead atoms. The number of hydrogen-bond acceptors (Lipinski definition) is 2. The third kappa shape index (κ3) is 4.85. The molecule has 0 fully saturated rings. The minimum Gasteiger partial charge on any atom is -0.332 e. The van der Waals surface area contributed by atoms with Crippen LogP contribution in [0.1, 0.15) is 21.5 Å². The van der Waals surface area contributed by atoms with Crippen LogP contribution in [0, 0.1) is 6.92 Å². The topological polar surface area (TPSA) is 49.4 Å². The SMILES string of the molecule is Cc1cc(Br)ccc1NC(=O)CN(C)C(=O)c1ccccc1C(F)(F)F. The van der Waals surface area contributed by atoms with Crippen LogP contribution < -0.4 is 5.32 Å². The van der Waals surface area contributed by atoms with Crippen molar-refractivity contribution in [2.75, 3.05) is 18.9 Å². The van der Waals surface area contributed by atoms with Crippen molar-refractivity contribution in [3.05, 3.63) is 63.6 Å². The number of likely N-dealkylation sites (N-methyl/N-ethyl adjacent to an activating group) is 1. The van der Waals surface area contributed by atoms with Crippen LogP contribution in [0.25, 0.3) is 0 Å². The second-order valence-corrected chi connectivity index (χ2v) is 6.63. The summed E-state index contributed by atoms with van der Waals surface area (Å²) < 4.78 is 40.0. The molecule has 0 saturated carbocycles. The zero-order valence-corrected chi connectivity index (χ0v) is 15.6. The summed E-state index contributed by atoms with van der Waals surface area (Å²) in [6.07, 6.45) is -4.65. The highest BCUT2D eigenvalue weighted by Gasteiger charge is 2.35. The van der Waals surface area contributed by atoms with E-state index in [0.29, 0.717) is 5.69 Å². The average molecular weight is 429 g/mol. The Morgan fingerprint density at radius 1 is 1.15 bits per heavy atom. The van der Waals surface area contributed by atoms with E-state index in [-0.39, 0.29) is 6.54 Å². The zero-order valence-electron chi connectivity index (χ0n) is 14.0. The minimum atomic E-state index is -4.65. The molecule has 0 atom stereocenters. The molecule has 0 aliphatic heterocycles. The first-order valence-electron chi connectivity index (χ1n) is 7.57. The van der Waals surface area contributed by atoms with Gasteiger partial charge in [-0.25, -0.2) is 0 Å². The third-order valence-electron chi connectivity index (χ3n) is 3.65. The van der Waals surface area contributed by atoms with Crippen molar-refractivity contribution >= 4 is 33.4 Å². The zero-order chi connectivity index (χ0) is 19.5. The molecule has 8 heteroatoms. The van der Waals surface area contributed by atoms with Crippen molar-refractivity contribution in [1.82, 2.24) is 4.90 Å². The number of hydrogen-bond donors (Lipinski definition) is 1. The Morgan fingerprint density at radius 3 is 2.42 bits per heavy atom. The highest BCUT2D eigenvalue weighted by molar-refractivity contribution is 9.10. The number of rotatable bonds is 4. The van der Waals surface area contributed by atoms with E-state index in [4.69, 9.17) is 0 Å². The van der Waals surface area contributed by atoms with Gasteiger partial charge in [-0.15, -0.1) is 0 Å². The first kappa shape index (κ1) is 20.0. The van der Waals surface area contributed by atoms with Crippen molar-refractivity contribution in [2.24, 2.45) is 0 Å². The maximum atomic E-state index is 13.0. The lowest BCUT2D eigenvalue weighted by Crippen LogP contribution is -2.36. The molecule has 2 aromatic rings. The molecule has 0 spiro atoms. The van der Waals surface area contributed by atoms with Crippen LogP contribution in [0.4, 0.5) is 18.9 Å². The summed E-state index contributed by atoms with van der Waals surface area (Å²) in [5.74, 6) is -1.38. The van der Waals surface area contributed by atoms with E-state index >= 15 is 0 Å². The molecule has 1 N–H and O–H groups in total. The number of carbonyl (C=O) groups is 2. The average Bonchev–Trinajstić information content (AvgIpc) is 2.56. The smallest absolute Gasteiger partial charge is 0.332 e. The van der Waals surface area contributed by atoms with E-state index in [2.05, 4.69) is 21.2 Å². The maximum absolute atomic E-state index is 13.0. The van der Waals surface area contributed by atoms with Gasteiger partial charge in [-0.3, -0.25) is 9.59 Å². The summed E-state index contributed by atoms with van der Waals surface area (Å²) in [6, 6.07) is 9.74. The van der Waals surface area contributed by atoms with Gasteiger partial charge in [0.05, 0.1) is 17.7 Å². The molecule has 0 aliphatic carbocycles. The standard InChI is InChI=1S/C18H16BrF3N2O2/c1-11-9-12(19)7-8-15(11)23-16(25)10-24(2)17(26)13-5-3-4-6-14(13)18(20,21)22/h3-9H,10H2,1-2H3,(H,23,25). The Bertz CT molecular complexity index is 837.